The molecule has 0 aromatic carbocycles. The Kier molecular flexibility index (Phi) is 4.28. The molecule has 5 atom stereocenters. The lowest BCUT2D eigenvalue weighted by molar-refractivity contribution is -0.287. The highest BCUT2D eigenvalue weighted by Crippen LogP contribution is 2.21. The lowest BCUT2D eigenvalue weighted by Crippen LogP contribution is -2.58. The van der Waals surface area contributed by atoms with E-state index < -0.39 is 30.7 Å². The van der Waals surface area contributed by atoms with Crippen molar-refractivity contribution in [1.82, 2.24) is 0 Å². The first-order valence-corrected chi connectivity index (χ1v) is 4.35. The summed E-state index contributed by atoms with van der Waals surface area (Å²) in [6.45, 7) is -0.138. The van der Waals surface area contributed by atoms with Crippen LogP contribution in [-0.4, -0.2) is 59.7 Å². The SMILES string of the molecule is COC1O[C@H](CN=[N+]=[N-])C(O)[C@@H](O)[C@@H]1O. The first-order valence-electron chi connectivity index (χ1n) is 4.35. The maximum absolute atomic E-state index is 9.47. The molecule has 1 heterocycles. The van der Waals surface area contributed by atoms with Crippen LogP contribution in [0.3, 0.4) is 0 Å². The van der Waals surface area contributed by atoms with Crippen LogP contribution in [0.2, 0.25) is 0 Å². The molecule has 1 rings (SSSR count). The molecular formula is C7H13N3O5. The Balaban J connectivity index is 2.69. The summed E-state index contributed by atoms with van der Waals surface area (Å²) in [5, 5.41) is 31.5. The van der Waals surface area contributed by atoms with Crippen molar-refractivity contribution in [2.45, 2.75) is 30.7 Å². The van der Waals surface area contributed by atoms with E-state index in [1.165, 1.54) is 7.11 Å². The van der Waals surface area contributed by atoms with Gasteiger partial charge in [-0.2, -0.15) is 0 Å². The van der Waals surface area contributed by atoms with Crippen molar-refractivity contribution in [2.24, 2.45) is 5.11 Å². The summed E-state index contributed by atoms with van der Waals surface area (Å²) in [4.78, 5) is 2.51. The lowest BCUT2D eigenvalue weighted by Gasteiger charge is -2.39. The summed E-state index contributed by atoms with van der Waals surface area (Å²) < 4.78 is 9.84. The maximum atomic E-state index is 9.47. The van der Waals surface area contributed by atoms with E-state index in [2.05, 4.69) is 10.0 Å². The van der Waals surface area contributed by atoms with Gasteiger partial charge >= 0.3 is 0 Å². The van der Waals surface area contributed by atoms with Gasteiger partial charge in [0.2, 0.25) is 0 Å². The Bertz CT molecular complexity index is 255. The van der Waals surface area contributed by atoms with Crippen LogP contribution >= 0.6 is 0 Å². The first kappa shape index (κ1) is 12.2. The van der Waals surface area contributed by atoms with Crippen molar-refractivity contribution in [3.05, 3.63) is 10.4 Å². The van der Waals surface area contributed by atoms with Crippen LogP contribution in [0, 0.1) is 0 Å². The van der Waals surface area contributed by atoms with Crippen molar-refractivity contribution in [2.75, 3.05) is 13.7 Å². The number of hydrogen-bond donors (Lipinski definition) is 3. The fraction of sp³-hybridized carbons (Fsp3) is 1.00. The van der Waals surface area contributed by atoms with Gasteiger partial charge in [-0.15, -0.1) is 0 Å². The zero-order valence-electron chi connectivity index (χ0n) is 8.09. The van der Waals surface area contributed by atoms with E-state index >= 15 is 0 Å². The Labute approximate surface area is 85.7 Å². The number of aliphatic hydroxyl groups is 3. The number of hydrogen-bond acceptors (Lipinski definition) is 6. The topological polar surface area (TPSA) is 128 Å². The van der Waals surface area contributed by atoms with Crippen molar-refractivity contribution in [3.8, 4) is 0 Å². The molecule has 0 radical (unpaired) electrons. The number of aliphatic hydroxyl groups excluding tert-OH is 3. The van der Waals surface area contributed by atoms with Gasteiger partial charge in [-0.25, -0.2) is 0 Å². The average Bonchev–Trinajstić information content (AvgIpc) is 2.25. The Morgan fingerprint density at radius 2 is 2.00 bits per heavy atom. The third kappa shape index (κ3) is 2.57. The quantitative estimate of drug-likeness (QED) is 0.310. The minimum atomic E-state index is -1.39. The predicted molar refractivity (Wildman–Crippen MR) is 47.7 cm³/mol. The molecule has 8 nitrogen and oxygen atoms in total. The minimum absolute atomic E-state index is 0.138. The highest BCUT2D eigenvalue weighted by atomic mass is 16.7. The van der Waals surface area contributed by atoms with Gasteiger partial charge in [0.25, 0.3) is 0 Å². The van der Waals surface area contributed by atoms with E-state index in [1.807, 2.05) is 0 Å². The van der Waals surface area contributed by atoms with Gasteiger partial charge in [0, 0.05) is 12.0 Å². The van der Waals surface area contributed by atoms with Crippen LogP contribution in [0.4, 0.5) is 0 Å². The Hall–Kier alpha value is -0.890. The summed E-state index contributed by atoms with van der Waals surface area (Å²) in [5.74, 6) is 0. The normalized spacial score (nSPS) is 40.9. The molecular weight excluding hydrogens is 206 g/mol. The van der Waals surface area contributed by atoms with Crippen LogP contribution in [0.25, 0.3) is 10.4 Å². The Morgan fingerprint density at radius 3 is 2.53 bits per heavy atom. The summed E-state index contributed by atoms with van der Waals surface area (Å²) >= 11 is 0. The van der Waals surface area contributed by atoms with Crippen molar-refractivity contribution >= 4 is 0 Å². The molecule has 1 aliphatic heterocycles. The summed E-state index contributed by atoms with van der Waals surface area (Å²) in [6.07, 6.45) is -5.95. The number of ether oxygens (including phenoxy) is 2. The van der Waals surface area contributed by atoms with Crippen LogP contribution in [0.15, 0.2) is 5.11 Å². The standard InChI is InChI=1S/C7H13N3O5/c1-14-7-6(13)5(12)4(11)3(15-7)2-9-10-8/h3-7,11-13H,2H2,1H3/t3-,4?,5-,6+,7?/m1/s1. The molecule has 3 N–H and O–H groups in total. The van der Waals surface area contributed by atoms with E-state index in [0.717, 1.165) is 0 Å². The molecule has 0 aliphatic carbocycles. The monoisotopic (exact) mass is 219 g/mol. The third-order valence-corrected chi connectivity index (χ3v) is 2.23. The molecule has 1 saturated heterocycles. The van der Waals surface area contributed by atoms with Crippen LogP contribution < -0.4 is 0 Å². The zero-order chi connectivity index (χ0) is 11.4. The van der Waals surface area contributed by atoms with Gasteiger partial charge in [0.1, 0.15) is 18.3 Å². The molecule has 0 spiro atoms. The first-order chi connectivity index (χ1) is 7.11. The second kappa shape index (κ2) is 5.26. The lowest BCUT2D eigenvalue weighted by atomic mass is 9.99. The maximum Gasteiger partial charge on any atom is 0.186 e. The highest BCUT2D eigenvalue weighted by Gasteiger charge is 2.43. The molecule has 0 amide bonds. The second-order valence-corrected chi connectivity index (χ2v) is 3.16. The largest absolute Gasteiger partial charge is 0.388 e. The summed E-state index contributed by atoms with van der Waals surface area (Å²) in [6, 6.07) is 0. The third-order valence-electron chi connectivity index (χ3n) is 2.23. The van der Waals surface area contributed by atoms with Gasteiger partial charge in [-0.1, -0.05) is 5.11 Å². The average molecular weight is 219 g/mol. The van der Waals surface area contributed by atoms with Crippen LogP contribution in [0.5, 0.6) is 0 Å². The predicted octanol–water partition coefficient (Wildman–Crippen LogP) is -1.25. The van der Waals surface area contributed by atoms with Gasteiger partial charge in [0.05, 0.1) is 12.6 Å². The van der Waals surface area contributed by atoms with Crippen molar-refractivity contribution in [3.63, 3.8) is 0 Å². The Morgan fingerprint density at radius 1 is 1.33 bits per heavy atom. The van der Waals surface area contributed by atoms with Crippen LogP contribution in [0.1, 0.15) is 0 Å². The molecule has 15 heavy (non-hydrogen) atoms. The fourth-order valence-corrected chi connectivity index (χ4v) is 1.38. The van der Waals surface area contributed by atoms with Crippen molar-refractivity contribution in [1.29, 1.82) is 0 Å². The molecule has 86 valence electrons. The van der Waals surface area contributed by atoms with Crippen LogP contribution in [-0.2, 0) is 9.47 Å². The number of azide groups is 1. The molecule has 0 aromatic heterocycles. The van der Waals surface area contributed by atoms with Gasteiger partial charge in [-0.05, 0) is 5.53 Å². The van der Waals surface area contributed by atoms with Gasteiger partial charge < -0.3 is 24.8 Å². The summed E-state index contributed by atoms with van der Waals surface area (Å²) in [5.41, 5.74) is 8.10. The number of methoxy groups -OCH3 is 1. The molecule has 8 heteroatoms. The molecule has 1 fully saturated rings. The van der Waals surface area contributed by atoms with E-state index in [4.69, 9.17) is 15.0 Å². The van der Waals surface area contributed by atoms with E-state index in [1.54, 1.807) is 0 Å². The number of rotatable bonds is 3. The van der Waals surface area contributed by atoms with E-state index in [9.17, 15) is 15.3 Å². The van der Waals surface area contributed by atoms with Gasteiger partial charge in [-0.3, -0.25) is 0 Å². The second-order valence-electron chi connectivity index (χ2n) is 3.16. The molecule has 2 unspecified atom stereocenters. The zero-order valence-corrected chi connectivity index (χ0v) is 8.09. The number of nitrogens with zero attached hydrogens (tertiary/aromatic N) is 3. The fourth-order valence-electron chi connectivity index (χ4n) is 1.38. The van der Waals surface area contributed by atoms with Gasteiger partial charge in [0.15, 0.2) is 6.29 Å². The van der Waals surface area contributed by atoms with E-state index in [-0.39, 0.29) is 6.54 Å². The highest BCUT2D eigenvalue weighted by molar-refractivity contribution is 4.89. The van der Waals surface area contributed by atoms with E-state index in [0.29, 0.717) is 0 Å². The van der Waals surface area contributed by atoms with Crippen molar-refractivity contribution < 1.29 is 24.8 Å². The molecule has 0 aromatic rings. The molecule has 0 saturated carbocycles. The molecule has 1 aliphatic rings. The minimum Gasteiger partial charge on any atom is -0.388 e. The smallest absolute Gasteiger partial charge is 0.186 e. The molecule has 0 bridgehead atoms. The summed E-state index contributed by atoms with van der Waals surface area (Å²) in [7, 11) is 1.29.